The van der Waals surface area contributed by atoms with Gasteiger partial charge in [0.1, 0.15) is 0 Å². The predicted molar refractivity (Wildman–Crippen MR) is 68.3 cm³/mol. The molecule has 0 heterocycles. The van der Waals surface area contributed by atoms with E-state index in [0.29, 0.717) is 0 Å². The van der Waals surface area contributed by atoms with Crippen molar-refractivity contribution in [3.63, 3.8) is 0 Å². The van der Waals surface area contributed by atoms with Gasteiger partial charge in [0.15, 0.2) is 0 Å². The van der Waals surface area contributed by atoms with Crippen molar-refractivity contribution in [2.75, 3.05) is 0 Å². The molecule has 1 heteroatoms. The number of nitrogens with zero attached hydrogens (tertiary/aromatic N) is 1. The summed E-state index contributed by atoms with van der Waals surface area (Å²) in [6, 6.07) is 8.65. The summed E-state index contributed by atoms with van der Waals surface area (Å²) in [5, 5.41) is 0. The van der Waals surface area contributed by atoms with E-state index in [4.69, 9.17) is 0 Å². The smallest absolute Gasteiger partial charge is 0.0745 e. The third kappa shape index (κ3) is 2.56. The Morgan fingerprint density at radius 1 is 1.47 bits per heavy atom. The average Bonchev–Trinajstić information content (AvgIpc) is 2.30. The maximum absolute atomic E-state index is 4.18. The Kier molecular flexibility index (Phi) is 4.29. The highest BCUT2D eigenvalue weighted by molar-refractivity contribution is 5.67. The summed E-state index contributed by atoms with van der Waals surface area (Å²) < 4.78 is 0. The number of hydrogen-bond donors (Lipinski definition) is 0. The van der Waals surface area contributed by atoms with E-state index in [1.165, 1.54) is 16.7 Å². The number of aliphatic imine (C=N–C) groups is 1. The summed E-state index contributed by atoms with van der Waals surface area (Å²) in [5.74, 6) is 0. The topological polar surface area (TPSA) is 12.4 Å². The van der Waals surface area contributed by atoms with Crippen LogP contribution in [0, 0.1) is 0 Å². The SMILES string of the molecule is C=NC(CC)c1ccccc1/C(C)=C\C. The van der Waals surface area contributed by atoms with Crippen molar-refractivity contribution in [1.29, 1.82) is 0 Å². The lowest BCUT2D eigenvalue weighted by Crippen LogP contribution is -1.97. The first-order valence-electron chi connectivity index (χ1n) is 5.42. The molecule has 0 aliphatic rings. The maximum Gasteiger partial charge on any atom is 0.0745 e. The highest BCUT2D eigenvalue weighted by atomic mass is 14.7. The maximum atomic E-state index is 4.18. The first-order valence-corrected chi connectivity index (χ1v) is 5.42. The van der Waals surface area contributed by atoms with Gasteiger partial charge in [0.2, 0.25) is 0 Å². The molecule has 1 atom stereocenters. The number of rotatable bonds is 4. The van der Waals surface area contributed by atoms with Gasteiger partial charge in [0.25, 0.3) is 0 Å². The minimum absolute atomic E-state index is 0.219. The Labute approximate surface area is 92.6 Å². The van der Waals surface area contributed by atoms with Crippen LogP contribution < -0.4 is 0 Å². The molecule has 1 aromatic carbocycles. The van der Waals surface area contributed by atoms with Crippen LogP contribution in [0.2, 0.25) is 0 Å². The second kappa shape index (κ2) is 5.50. The van der Waals surface area contributed by atoms with Gasteiger partial charge < -0.3 is 0 Å². The number of allylic oxidation sites excluding steroid dienone is 2. The van der Waals surface area contributed by atoms with E-state index in [1.807, 2.05) is 0 Å². The first kappa shape index (κ1) is 11.7. The fraction of sp³-hybridized carbons (Fsp3) is 0.357. The molecule has 0 aromatic heterocycles. The molecule has 0 spiro atoms. The van der Waals surface area contributed by atoms with Gasteiger partial charge in [-0.3, -0.25) is 4.99 Å². The van der Waals surface area contributed by atoms with E-state index in [9.17, 15) is 0 Å². The van der Waals surface area contributed by atoms with Crippen LogP contribution in [-0.2, 0) is 0 Å². The molecule has 0 aliphatic heterocycles. The van der Waals surface area contributed by atoms with Crippen LogP contribution >= 0.6 is 0 Å². The Morgan fingerprint density at radius 2 is 2.13 bits per heavy atom. The molecular formula is C14H19N. The zero-order valence-corrected chi connectivity index (χ0v) is 9.83. The van der Waals surface area contributed by atoms with Crippen molar-refractivity contribution in [3.8, 4) is 0 Å². The fourth-order valence-electron chi connectivity index (χ4n) is 1.75. The summed E-state index contributed by atoms with van der Waals surface area (Å²) >= 11 is 0. The summed E-state index contributed by atoms with van der Waals surface area (Å²) in [7, 11) is 0. The van der Waals surface area contributed by atoms with E-state index >= 15 is 0 Å². The zero-order chi connectivity index (χ0) is 11.3. The van der Waals surface area contributed by atoms with E-state index in [1.54, 1.807) is 0 Å². The third-order valence-corrected chi connectivity index (χ3v) is 2.78. The van der Waals surface area contributed by atoms with Crippen LogP contribution in [0.15, 0.2) is 35.3 Å². The van der Waals surface area contributed by atoms with Crippen LogP contribution in [0.1, 0.15) is 44.4 Å². The Morgan fingerprint density at radius 3 is 2.67 bits per heavy atom. The van der Waals surface area contributed by atoms with E-state index in [-0.39, 0.29) is 6.04 Å². The van der Waals surface area contributed by atoms with Gasteiger partial charge >= 0.3 is 0 Å². The second-order valence-corrected chi connectivity index (χ2v) is 3.67. The van der Waals surface area contributed by atoms with Gasteiger partial charge in [0, 0.05) is 0 Å². The quantitative estimate of drug-likeness (QED) is 0.645. The lowest BCUT2D eigenvalue weighted by atomic mass is 9.94. The van der Waals surface area contributed by atoms with Gasteiger partial charge in [-0.05, 0) is 43.7 Å². The molecule has 1 rings (SSSR count). The van der Waals surface area contributed by atoms with Crippen molar-refractivity contribution in [1.82, 2.24) is 0 Å². The van der Waals surface area contributed by atoms with Gasteiger partial charge in [-0.15, -0.1) is 0 Å². The Balaban J connectivity index is 3.22. The molecule has 0 saturated heterocycles. The van der Waals surface area contributed by atoms with Gasteiger partial charge in [-0.25, -0.2) is 0 Å². The minimum atomic E-state index is 0.219. The molecular weight excluding hydrogens is 182 g/mol. The van der Waals surface area contributed by atoms with Crippen LogP contribution in [-0.4, -0.2) is 6.72 Å². The van der Waals surface area contributed by atoms with Crippen molar-refractivity contribution >= 4 is 12.3 Å². The summed E-state index contributed by atoms with van der Waals surface area (Å²) in [6.45, 7) is 10.0. The monoisotopic (exact) mass is 201 g/mol. The molecule has 0 aliphatic carbocycles. The Hall–Kier alpha value is -1.37. The average molecular weight is 201 g/mol. The standard InChI is InChI=1S/C14H19N/c1-5-11(3)12-9-7-8-10-13(12)14(6-2)15-4/h5,7-10,14H,4,6H2,1-3H3/b11-5-. The molecule has 0 radical (unpaired) electrons. The van der Waals surface area contributed by atoms with Gasteiger partial charge in [0.05, 0.1) is 6.04 Å². The van der Waals surface area contributed by atoms with Crippen molar-refractivity contribution in [3.05, 3.63) is 41.5 Å². The van der Waals surface area contributed by atoms with Crippen LogP contribution in [0.25, 0.3) is 5.57 Å². The highest BCUT2D eigenvalue weighted by Gasteiger charge is 2.11. The van der Waals surface area contributed by atoms with Gasteiger partial charge in [-0.2, -0.15) is 0 Å². The lowest BCUT2D eigenvalue weighted by Gasteiger charge is -2.15. The van der Waals surface area contributed by atoms with Crippen molar-refractivity contribution in [2.24, 2.45) is 4.99 Å². The molecule has 0 bridgehead atoms. The second-order valence-electron chi connectivity index (χ2n) is 3.67. The number of hydrogen-bond acceptors (Lipinski definition) is 1. The lowest BCUT2D eigenvalue weighted by molar-refractivity contribution is 0.704. The molecule has 1 unspecified atom stereocenters. The molecule has 1 aromatic rings. The third-order valence-electron chi connectivity index (χ3n) is 2.78. The molecule has 15 heavy (non-hydrogen) atoms. The first-order chi connectivity index (χ1) is 7.24. The molecule has 0 saturated carbocycles. The fourth-order valence-corrected chi connectivity index (χ4v) is 1.75. The molecule has 0 amide bonds. The summed E-state index contributed by atoms with van der Waals surface area (Å²) in [6.07, 6.45) is 3.13. The Bertz CT molecular complexity index is 363. The molecule has 0 fully saturated rings. The van der Waals surface area contributed by atoms with E-state index < -0.39 is 0 Å². The van der Waals surface area contributed by atoms with E-state index in [2.05, 4.69) is 62.8 Å². The zero-order valence-electron chi connectivity index (χ0n) is 9.83. The van der Waals surface area contributed by atoms with Crippen molar-refractivity contribution in [2.45, 2.75) is 33.2 Å². The normalized spacial score (nSPS) is 13.7. The largest absolute Gasteiger partial charge is 0.293 e. The van der Waals surface area contributed by atoms with Gasteiger partial charge in [-0.1, -0.05) is 37.3 Å². The van der Waals surface area contributed by atoms with Crippen LogP contribution in [0.3, 0.4) is 0 Å². The van der Waals surface area contributed by atoms with Crippen molar-refractivity contribution < 1.29 is 0 Å². The minimum Gasteiger partial charge on any atom is -0.293 e. The van der Waals surface area contributed by atoms with Crippen LogP contribution in [0.4, 0.5) is 0 Å². The summed E-state index contributed by atoms with van der Waals surface area (Å²) in [5.41, 5.74) is 3.87. The molecule has 0 N–H and O–H groups in total. The molecule has 1 nitrogen and oxygen atoms in total. The predicted octanol–water partition coefficient (Wildman–Crippen LogP) is 4.26. The number of benzene rings is 1. The molecule has 80 valence electrons. The highest BCUT2D eigenvalue weighted by Crippen LogP contribution is 2.28. The van der Waals surface area contributed by atoms with Crippen LogP contribution in [0.5, 0.6) is 0 Å². The summed E-state index contributed by atoms with van der Waals surface area (Å²) in [4.78, 5) is 4.18. The van der Waals surface area contributed by atoms with E-state index in [0.717, 1.165) is 6.42 Å².